The van der Waals surface area contributed by atoms with Crippen molar-refractivity contribution in [2.45, 2.75) is 18.9 Å². The van der Waals surface area contributed by atoms with Crippen LogP contribution in [0.4, 0.5) is 0 Å². The zero-order valence-electron chi connectivity index (χ0n) is 11.0. The molecule has 0 saturated carbocycles. The Kier molecular flexibility index (Phi) is 7.30. The Hall–Kier alpha value is -1.93. The van der Waals surface area contributed by atoms with Crippen LogP contribution in [0.5, 0.6) is 0 Å². The maximum Gasteiger partial charge on any atom is 0.327 e. The first kappa shape index (κ1) is 16.1. The Morgan fingerprint density at radius 3 is 2.65 bits per heavy atom. The molecule has 1 aromatic carbocycles. The van der Waals surface area contributed by atoms with Crippen molar-refractivity contribution in [1.82, 2.24) is 5.32 Å². The molecule has 1 aromatic rings. The lowest BCUT2D eigenvalue weighted by Crippen LogP contribution is -2.41. The van der Waals surface area contributed by atoms with Crippen LogP contribution in [0.1, 0.15) is 12.0 Å². The summed E-state index contributed by atoms with van der Waals surface area (Å²) in [5, 5.41) is 11.3. The summed E-state index contributed by atoms with van der Waals surface area (Å²) in [6.07, 6.45) is 5.94. The summed E-state index contributed by atoms with van der Waals surface area (Å²) in [4.78, 5) is 22.4. The van der Waals surface area contributed by atoms with Gasteiger partial charge in [-0.15, -0.1) is 12.3 Å². The number of hydrogen-bond acceptors (Lipinski definition) is 3. The number of aliphatic carboxylic acids is 1. The number of carbonyl (C=O) groups is 2. The number of carbonyl (C=O) groups excluding carboxylic acids is 1. The number of nitrogens with one attached hydrogen (secondary N) is 1. The predicted octanol–water partition coefficient (Wildman–Crippen LogP) is 1.55. The lowest BCUT2D eigenvalue weighted by molar-refractivity contribution is -0.141. The third kappa shape index (κ3) is 6.30. The molecule has 1 amide bonds. The molecule has 0 bridgehead atoms. The molecule has 0 aliphatic rings. The molecule has 0 spiro atoms. The van der Waals surface area contributed by atoms with Gasteiger partial charge in [0.15, 0.2) is 0 Å². The summed E-state index contributed by atoms with van der Waals surface area (Å²) < 4.78 is 0. The molecule has 0 aromatic heterocycles. The van der Waals surface area contributed by atoms with E-state index in [4.69, 9.17) is 11.5 Å². The molecular formula is C15H17NO3S. The predicted molar refractivity (Wildman–Crippen MR) is 80.5 cm³/mol. The van der Waals surface area contributed by atoms with Crippen molar-refractivity contribution < 1.29 is 14.7 Å². The number of benzene rings is 1. The highest BCUT2D eigenvalue weighted by Crippen LogP contribution is 2.06. The number of carboxylic acid groups (broad SMARTS) is 1. The van der Waals surface area contributed by atoms with Gasteiger partial charge in [-0.1, -0.05) is 30.3 Å². The van der Waals surface area contributed by atoms with E-state index in [-0.39, 0.29) is 18.1 Å². The van der Waals surface area contributed by atoms with Crippen molar-refractivity contribution in [2.75, 3.05) is 11.5 Å². The van der Waals surface area contributed by atoms with Crippen LogP contribution < -0.4 is 5.32 Å². The standard InChI is InChI=1S/C15H17NO3S/c1-2-6-13(15(18)19)16-14(17)11-20-10-9-12-7-4-3-5-8-12/h1,3-5,7-8,13H,6,9-11H2,(H,16,17)(H,18,19). The molecule has 2 N–H and O–H groups in total. The average Bonchev–Trinajstić information content (AvgIpc) is 2.44. The molecule has 0 heterocycles. The molecule has 106 valence electrons. The number of hydrogen-bond donors (Lipinski definition) is 2. The van der Waals surface area contributed by atoms with Crippen LogP contribution in [0.25, 0.3) is 0 Å². The molecule has 0 aliphatic heterocycles. The van der Waals surface area contributed by atoms with Gasteiger partial charge in [-0.25, -0.2) is 4.79 Å². The van der Waals surface area contributed by atoms with Gasteiger partial charge in [-0.3, -0.25) is 4.79 Å². The second-order valence-corrected chi connectivity index (χ2v) is 5.26. The van der Waals surface area contributed by atoms with E-state index in [1.165, 1.54) is 17.3 Å². The highest BCUT2D eigenvalue weighted by atomic mass is 32.2. The molecule has 1 atom stereocenters. The zero-order chi connectivity index (χ0) is 14.8. The first-order chi connectivity index (χ1) is 9.63. The van der Waals surface area contributed by atoms with Crippen LogP contribution in [-0.2, 0) is 16.0 Å². The summed E-state index contributed by atoms with van der Waals surface area (Å²) >= 11 is 1.47. The average molecular weight is 291 g/mol. The van der Waals surface area contributed by atoms with E-state index in [1.54, 1.807) is 0 Å². The molecular weight excluding hydrogens is 274 g/mol. The zero-order valence-corrected chi connectivity index (χ0v) is 11.9. The first-order valence-corrected chi connectivity index (χ1v) is 7.36. The van der Waals surface area contributed by atoms with Crippen molar-refractivity contribution >= 4 is 23.6 Å². The molecule has 0 radical (unpaired) electrons. The van der Waals surface area contributed by atoms with E-state index in [0.717, 1.165) is 12.2 Å². The Bertz CT molecular complexity index is 482. The van der Waals surface area contributed by atoms with Crippen molar-refractivity contribution in [3.63, 3.8) is 0 Å². The Balaban J connectivity index is 2.23. The van der Waals surface area contributed by atoms with Gasteiger partial charge in [0.1, 0.15) is 6.04 Å². The SMILES string of the molecule is C#CCC(NC(=O)CSCCc1ccccc1)C(=O)O. The second-order valence-electron chi connectivity index (χ2n) is 4.15. The van der Waals surface area contributed by atoms with Gasteiger partial charge in [0, 0.05) is 6.42 Å². The number of thioether (sulfide) groups is 1. The van der Waals surface area contributed by atoms with Crippen LogP contribution in [0.15, 0.2) is 30.3 Å². The summed E-state index contributed by atoms with van der Waals surface area (Å²) in [5.74, 6) is 1.88. The van der Waals surface area contributed by atoms with E-state index in [0.29, 0.717) is 0 Å². The number of aryl methyl sites for hydroxylation is 1. The fraction of sp³-hybridized carbons (Fsp3) is 0.333. The summed E-state index contributed by atoms with van der Waals surface area (Å²) in [6, 6.07) is 8.99. The number of terminal acetylenes is 1. The van der Waals surface area contributed by atoms with Crippen molar-refractivity contribution in [3.8, 4) is 12.3 Å². The Labute approximate surface area is 123 Å². The Morgan fingerprint density at radius 2 is 2.05 bits per heavy atom. The topological polar surface area (TPSA) is 66.4 Å². The van der Waals surface area contributed by atoms with Gasteiger partial charge in [-0.2, -0.15) is 11.8 Å². The number of carboxylic acids is 1. The van der Waals surface area contributed by atoms with Crippen LogP contribution in [0.3, 0.4) is 0 Å². The van der Waals surface area contributed by atoms with Crippen molar-refractivity contribution in [1.29, 1.82) is 0 Å². The Morgan fingerprint density at radius 1 is 1.35 bits per heavy atom. The molecule has 5 heteroatoms. The van der Waals surface area contributed by atoms with Crippen molar-refractivity contribution in [2.24, 2.45) is 0 Å². The number of rotatable bonds is 8. The minimum Gasteiger partial charge on any atom is -0.480 e. The van der Waals surface area contributed by atoms with Crippen molar-refractivity contribution in [3.05, 3.63) is 35.9 Å². The van der Waals surface area contributed by atoms with Crippen LogP contribution >= 0.6 is 11.8 Å². The van der Waals surface area contributed by atoms with E-state index < -0.39 is 12.0 Å². The van der Waals surface area contributed by atoms with Gasteiger partial charge in [0.25, 0.3) is 0 Å². The maximum absolute atomic E-state index is 11.6. The second kappa shape index (κ2) is 9.05. The van der Waals surface area contributed by atoms with Gasteiger partial charge in [0.2, 0.25) is 5.91 Å². The summed E-state index contributed by atoms with van der Waals surface area (Å²) in [5.41, 5.74) is 1.22. The third-order valence-electron chi connectivity index (χ3n) is 2.57. The largest absolute Gasteiger partial charge is 0.480 e. The first-order valence-electron chi connectivity index (χ1n) is 6.20. The van der Waals surface area contributed by atoms with E-state index >= 15 is 0 Å². The normalized spacial score (nSPS) is 11.3. The lowest BCUT2D eigenvalue weighted by Gasteiger charge is -2.11. The summed E-state index contributed by atoms with van der Waals surface area (Å²) in [7, 11) is 0. The lowest BCUT2D eigenvalue weighted by atomic mass is 10.2. The van der Waals surface area contributed by atoms with Gasteiger partial charge in [0.05, 0.1) is 5.75 Å². The summed E-state index contributed by atoms with van der Waals surface area (Å²) in [6.45, 7) is 0. The van der Waals surface area contributed by atoms with Crippen LogP contribution in [-0.4, -0.2) is 34.5 Å². The van der Waals surface area contributed by atoms with Crippen LogP contribution in [0.2, 0.25) is 0 Å². The van der Waals surface area contributed by atoms with Gasteiger partial charge < -0.3 is 10.4 Å². The minimum atomic E-state index is -1.11. The van der Waals surface area contributed by atoms with E-state index in [1.807, 2.05) is 30.3 Å². The smallest absolute Gasteiger partial charge is 0.327 e. The highest BCUT2D eigenvalue weighted by Gasteiger charge is 2.18. The van der Waals surface area contributed by atoms with E-state index in [2.05, 4.69) is 11.2 Å². The fourth-order valence-electron chi connectivity index (χ4n) is 1.55. The molecule has 0 fully saturated rings. The highest BCUT2D eigenvalue weighted by molar-refractivity contribution is 7.99. The molecule has 0 aliphatic carbocycles. The molecule has 20 heavy (non-hydrogen) atoms. The fourth-order valence-corrected chi connectivity index (χ4v) is 2.35. The number of amides is 1. The van der Waals surface area contributed by atoms with E-state index in [9.17, 15) is 9.59 Å². The molecule has 1 unspecified atom stereocenters. The quantitative estimate of drug-likeness (QED) is 0.563. The maximum atomic E-state index is 11.6. The molecule has 1 rings (SSSR count). The third-order valence-corrected chi connectivity index (χ3v) is 3.53. The monoisotopic (exact) mass is 291 g/mol. The molecule has 0 saturated heterocycles. The van der Waals surface area contributed by atoms with Gasteiger partial charge >= 0.3 is 5.97 Å². The molecule has 4 nitrogen and oxygen atoms in total. The van der Waals surface area contributed by atoms with Gasteiger partial charge in [-0.05, 0) is 17.7 Å². The van der Waals surface area contributed by atoms with Crippen LogP contribution in [0, 0.1) is 12.3 Å². The minimum absolute atomic E-state index is 0.00421.